The molecule has 0 bridgehead atoms. The van der Waals surface area contributed by atoms with Crippen molar-refractivity contribution in [1.82, 2.24) is 14.5 Å². The highest BCUT2D eigenvalue weighted by atomic mass is 19.1. The average Bonchev–Trinajstić information content (AvgIpc) is 3.33. The van der Waals surface area contributed by atoms with E-state index in [1.54, 1.807) is 35.4 Å². The number of rotatable bonds is 5. The molecule has 0 spiro atoms. The molecule has 0 saturated carbocycles. The standard InChI is InChI=1S/C20H23FN4O2/c1-23-8-7-22-20(23)19(26)16-5-2-6-17(21)18(16)25-11-9-24(10-12-25)14-15-4-3-13-27-15/h2-8,13,19,26H,9-12,14H2,1H3. The lowest BCUT2D eigenvalue weighted by Gasteiger charge is -2.37. The van der Waals surface area contributed by atoms with Gasteiger partial charge in [0.15, 0.2) is 0 Å². The van der Waals surface area contributed by atoms with E-state index < -0.39 is 6.10 Å². The molecular formula is C20H23FN4O2. The molecule has 1 fully saturated rings. The van der Waals surface area contributed by atoms with E-state index in [9.17, 15) is 9.50 Å². The van der Waals surface area contributed by atoms with Gasteiger partial charge in [-0.05, 0) is 18.2 Å². The predicted molar refractivity (Wildman–Crippen MR) is 99.9 cm³/mol. The third kappa shape index (κ3) is 3.61. The summed E-state index contributed by atoms with van der Waals surface area (Å²) < 4.78 is 21.9. The SMILES string of the molecule is Cn1ccnc1C(O)c1cccc(F)c1N1CCN(Cc2ccco2)CC1. The first-order valence-electron chi connectivity index (χ1n) is 9.07. The molecule has 2 aromatic heterocycles. The summed E-state index contributed by atoms with van der Waals surface area (Å²) in [5.74, 6) is 1.11. The van der Waals surface area contributed by atoms with Crippen LogP contribution in [0.2, 0.25) is 0 Å². The fraction of sp³-hybridized carbons (Fsp3) is 0.350. The fourth-order valence-electron chi connectivity index (χ4n) is 3.62. The molecule has 1 aromatic carbocycles. The first-order valence-corrected chi connectivity index (χ1v) is 9.07. The van der Waals surface area contributed by atoms with Crippen molar-refractivity contribution in [2.75, 3.05) is 31.1 Å². The number of benzene rings is 1. The highest BCUT2D eigenvalue weighted by molar-refractivity contribution is 5.57. The van der Waals surface area contributed by atoms with Crippen LogP contribution in [-0.4, -0.2) is 45.7 Å². The smallest absolute Gasteiger partial charge is 0.146 e. The van der Waals surface area contributed by atoms with Gasteiger partial charge in [-0.2, -0.15) is 0 Å². The lowest BCUT2D eigenvalue weighted by molar-refractivity contribution is 0.204. The van der Waals surface area contributed by atoms with Gasteiger partial charge in [-0.3, -0.25) is 4.90 Å². The van der Waals surface area contributed by atoms with Crippen LogP contribution in [0.5, 0.6) is 0 Å². The van der Waals surface area contributed by atoms with E-state index in [-0.39, 0.29) is 5.82 Å². The molecule has 0 radical (unpaired) electrons. The molecule has 142 valence electrons. The van der Waals surface area contributed by atoms with Crippen molar-refractivity contribution in [2.24, 2.45) is 7.05 Å². The zero-order valence-corrected chi connectivity index (χ0v) is 15.3. The van der Waals surface area contributed by atoms with Crippen molar-refractivity contribution in [3.63, 3.8) is 0 Å². The number of aromatic nitrogens is 2. The van der Waals surface area contributed by atoms with Gasteiger partial charge in [0.25, 0.3) is 0 Å². The minimum Gasteiger partial charge on any atom is -0.468 e. The largest absolute Gasteiger partial charge is 0.468 e. The monoisotopic (exact) mass is 370 g/mol. The topological polar surface area (TPSA) is 57.7 Å². The third-order valence-corrected chi connectivity index (χ3v) is 5.06. The molecule has 1 aliphatic rings. The number of aliphatic hydroxyl groups is 1. The van der Waals surface area contributed by atoms with E-state index in [0.29, 0.717) is 30.2 Å². The summed E-state index contributed by atoms with van der Waals surface area (Å²) in [4.78, 5) is 8.51. The van der Waals surface area contributed by atoms with Crippen molar-refractivity contribution < 1.29 is 13.9 Å². The zero-order chi connectivity index (χ0) is 18.8. The number of anilines is 1. The number of aryl methyl sites for hydroxylation is 1. The van der Waals surface area contributed by atoms with Crippen LogP contribution in [0.4, 0.5) is 10.1 Å². The van der Waals surface area contributed by atoms with Crippen LogP contribution in [0.25, 0.3) is 0 Å². The summed E-state index contributed by atoms with van der Waals surface area (Å²) >= 11 is 0. The Labute approximate surface area is 157 Å². The van der Waals surface area contributed by atoms with Gasteiger partial charge in [0.05, 0.1) is 18.5 Å². The second-order valence-electron chi connectivity index (χ2n) is 6.82. The Morgan fingerprint density at radius 3 is 2.67 bits per heavy atom. The lowest BCUT2D eigenvalue weighted by Crippen LogP contribution is -2.46. The average molecular weight is 370 g/mol. The van der Waals surface area contributed by atoms with E-state index in [0.717, 1.165) is 25.4 Å². The third-order valence-electron chi connectivity index (χ3n) is 5.06. The number of furan rings is 1. The minimum atomic E-state index is -0.975. The maximum atomic E-state index is 14.7. The van der Waals surface area contributed by atoms with E-state index in [1.807, 2.05) is 24.1 Å². The molecule has 1 aliphatic heterocycles. The molecule has 27 heavy (non-hydrogen) atoms. The molecule has 3 aromatic rings. The number of imidazole rings is 1. The Morgan fingerprint density at radius 1 is 1.19 bits per heavy atom. The number of piperazine rings is 1. The molecule has 1 unspecified atom stereocenters. The van der Waals surface area contributed by atoms with Crippen LogP contribution in [-0.2, 0) is 13.6 Å². The Kier molecular flexibility index (Phi) is 4.96. The van der Waals surface area contributed by atoms with Gasteiger partial charge in [-0.25, -0.2) is 9.37 Å². The summed E-state index contributed by atoms with van der Waals surface area (Å²) in [7, 11) is 1.82. The molecule has 1 atom stereocenters. The van der Waals surface area contributed by atoms with Gasteiger partial charge in [0.1, 0.15) is 23.5 Å². The van der Waals surface area contributed by atoms with Gasteiger partial charge in [0.2, 0.25) is 0 Å². The number of para-hydroxylation sites is 1. The van der Waals surface area contributed by atoms with Crippen LogP contribution in [0.1, 0.15) is 23.3 Å². The first kappa shape index (κ1) is 17.8. The van der Waals surface area contributed by atoms with Crippen molar-refractivity contribution in [3.8, 4) is 0 Å². The summed E-state index contributed by atoms with van der Waals surface area (Å²) in [6.07, 6.45) is 4.10. The predicted octanol–water partition coefficient (Wildman–Crippen LogP) is 2.56. The highest BCUT2D eigenvalue weighted by Crippen LogP contribution is 2.33. The highest BCUT2D eigenvalue weighted by Gasteiger charge is 2.26. The lowest BCUT2D eigenvalue weighted by atomic mass is 10.0. The Hall–Kier alpha value is -2.64. The molecule has 1 N–H and O–H groups in total. The molecule has 3 heterocycles. The number of aliphatic hydroxyl groups excluding tert-OH is 1. The molecule has 0 aliphatic carbocycles. The molecular weight excluding hydrogens is 347 g/mol. The van der Waals surface area contributed by atoms with Crippen LogP contribution in [0, 0.1) is 5.82 Å². The van der Waals surface area contributed by atoms with E-state index in [1.165, 1.54) is 6.07 Å². The molecule has 0 amide bonds. The second-order valence-corrected chi connectivity index (χ2v) is 6.82. The van der Waals surface area contributed by atoms with Crippen molar-refractivity contribution >= 4 is 5.69 Å². The minimum absolute atomic E-state index is 0.319. The normalized spacial score (nSPS) is 16.6. The fourth-order valence-corrected chi connectivity index (χ4v) is 3.62. The number of hydrogen-bond acceptors (Lipinski definition) is 5. The number of hydrogen-bond donors (Lipinski definition) is 1. The summed E-state index contributed by atoms with van der Waals surface area (Å²) in [6.45, 7) is 3.71. The summed E-state index contributed by atoms with van der Waals surface area (Å²) in [5, 5.41) is 10.8. The summed E-state index contributed by atoms with van der Waals surface area (Å²) in [6, 6.07) is 8.69. The van der Waals surface area contributed by atoms with Gasteiger partial charge < -0.3 is 19.0 Å². The Morgan fingerprint density at radius 2 is 2.00 bits per heavy atom. The zero-order valence-electron chi connectivity index (χ0n) is 15.3. The number of halogens is 1. The molecule has 4 rings (SSSR count). The van der Waals surface area contributed by atoms with Gasteiger partial charge >= 0.3 is 0 Å². The first-order chi connectivity index (χ1) is 13.1. The van der Waals surface area contributed by atoms with Gasteiger partial charge in [0, 0.05) is 51.2 Å². The molecule has 1 saturated heterocycles. The van der Waals surface area contributed by atoms with E-state index in [2.05, 4.69) is 9.88 Å². The number of nitrogens with zero attached hydrogens (tertiary/aromatic N) is 4. The molecule has 7 heteroatoms. The van der Waals surface area contributed by atoms with Crippen LogP contribution in [0.3, 0.4) is 0 Å². The van der Waals surface area contributed by atoms with Crippen molar-refractivity contribution in [2.45, 2.75) is 12.6 Å². The summed E-state index contributed by atoms with van der Waals surface area (Å²) in [5.41, 5.74) is 1.01. The van der Waals surface area contributed by atoms with Gasteiger partial charge in [-0.1, -0.05) is 12.1 Å². The molecule has 6 nitrogen and oxygen atoms in total. The maximum Gasteiger partial charge on any atom is 0.146 e. The van der Waals surface area contributed by atoms with E-state index >= 15 is 0 Å². The van der Waals surface area contributed by atoms with Crippen LogP contribution >= 0.6 is 0 Å². The van der Waals surface area contributed by atoms with Crippen molar-refractivity contribution in [3.05, 3.63) is 72.0 Å². The van der Waals surface area contributed by atoms with Crippen LogP contribution < -0.4 is 4.90 Å². The Bertz CT molecular complexity index is 885. The van der Waals surface area contributed by atoms with Gasteiger partial charge in [-0.15, -0.1) is 0 Å². The maximum absolute atomic E-state index is 14.7. The van der Waals surface area contributed by atoms with Crippen LogP contribution in [0.15, 0.2) is 53.4 Å². The quantitative estimate of drug-likeness (QED) is 0.748. The van der Waals surface area contributed by atoms with Crippen molar-refractivity contribution in [1.29, 1.82) is 0 Å². The second kappa shape index (κ2) is 7.54. The van der Waals surface area contributed by atoms with E-state index in [4.69, 9.17) is 4.42 Å². The Balaban J connectivity index is 1.53.